The number of carbonyl (C=O) groups excluding carboxylic acids is 1. The summed E-state index contributed by atoms with van der Waals surface area (Å²) in [6, 6.07) is 3.26. The molecule has 0 saturated carbocycles. The Morgan fingerprint density at radius 3 is 2.57 bits per heavy atom. The first-order valence-electron chi connectivity index (χ1n) is 7.19. The summed E-state index contributed by atoms with van der Waals surface area (Å²) in [6.45, 7) is 6.89. The Kier molecular flexibility index (Phi) is 4.65. The first-order chi connectivity index (χ1) is 9.83. The standard InChI is InChI=1S/C15H22FN3O2/c1-15(2,3)21-14(20)19-8-6-11(7-9-19)18-12-4-5-13(16)17-10-12/h4-5,10-11,18H,6-9H2,1-3H3. The third-order valence-corrected chi connectivity index (χ3v) is 3.24. The van der Waals surface area contributed by atoms with Crippen LogP contribution in [0.25, 0.3) is 0 Å². The van der Waals surface area contributed by atoms with Crippen LogP contribution in [0.2, 0.25) is 0 Å². The van der Waals surface area contributed by atoms with Crippen molar-refractivity contribution < 1.29 is 13.9 Å². The van der Waals surface area contributed by atoms with Crippen molar-refractivity contribution in [2.75, 3.05) is 18.4 Å². The molecule has 1 aromatic heterocycles. The van der Waals surface area contributed by atoms with Gasteiger partial charge in [0.2, 0.25) is 5.95 Å². The van der Waals surface area contributed by atoms with E-state index in [1.54, 1.807) is 11.0 Å². The predicted octanol–water partition coefficient (Wildman–Crippen LogP) is 3.03. The van der Waals surface area contributed by atoms with Crippen LogP contribution in [0, 0.1) is 5.95 Å². The van der Waals surface area contributed by atoms with E-state index in [9.17, 15) is 9.18 Å². The van der Waals surface area contributed by atoms with Crippen LogP contribution in [0.4, 0.5) is 14.9 Å². The molecule has 1 aromatic rings. The maximum atomic E-state index is 12.7. The third kappa shape index (κ3) is 4.88. The quantitative estimate of drug-likeness (QED) is 0.852. The number of hydrogen-bond acceptors (Lipinski definition) is 4. The van der Waals surface area contributed by atoms with Crippen LogP contribution < -0.4 is 5.32 Å². The molecule has 1 aliphatic rings. The van der Waals surface area contributed by atoms with Gasteiger partial charge < -0.3 is 15.0 Å². The van der Waals surface area contributed by atoms with Crippen molar-refractivity contribution in [2.24, 2.45) is 0 Å². The molecule has 0 aliphatic carbocycles. The van der Waals surface area contributed by atoms with Crippen molar-refractivity contribution in [3.8, 4) is 0 Å². The largest absolute Gasteiger partial charge is 0.444 e. The Balaban J connectivity index is 1.80. The summed E-state index contributed by atoms with van der Waals surface area (Å²) in [7, 11) is 0. The molecule has 21 heavy (non-hydrogen) atoms. The monoisotopic (exact) mass is 295 g/mol. The Morgan fingerprint density at radius 2 is 2.05 bits per heavy atom. The number of nitrogens with one attached hydrogen (secondary N) is 1. The van der Waals surface area contributed by atoms with Crippen LogP contribution in [0.3, 0.4) is 0 Å². The highest BCUT2D eigenvalue weighted by atomic mass is 19.1. The summed E-state index contributed by atoms with van der Waals surface area (Å²) in [5.74, 6) is -0.486. The normalized spacial score (nSPS) is 16.7. The number of nitrogens with zero attached hydrogens (tertiary/aromatic N) is 2. The van der Waals surface area contributed by atoms with Gasteiger partial charge in [-0.15, -0.1) is 0 Å². The average molecular weight is 295 g/mol. The number of carbonyl (C=O) groups is 1. The Morgan fingerprint density at radius 1 is 1.38 bits per heavy atom. The third-order valence-electron chi connectivity index (χ3n) is 3.24. The van der Waals surface area contributed by atoms with E-state index in [1.165, 1.54) is 12.3 Å². The molecular formula is C15H22FN3O2. The van der Waals surface area contributed by atoms with E-state index < -0.39 is 11.5 Å². The number of rotatable bonds is 2. The number of halogens is 1. The highest BCUT2D eigenvalue weighted by Crippen LogP contribution is 2.18. The maximum Gasteiger partial charge on any atom is 0.410 e. The second-order valence-electron chi connectivity index (χ2n) is 6.26. The summed E-state index contributed by atoms with van der Waals surface area (Å²) in [5.41, 5.74) is 0.332. The van der Waals surface area contributed by atoms with Crippen LogP contribution in [-0.4, -0.2) is 40.7 Å². The lowest BCUT2D eigenvalue weighted by Crippen LogP contribution is -2.44. The van der Waals surface area contributed by atoms with Gasteiger partial charge in [-0.3, -0.25) is 0 Å². The summed E-state index contributed by atoms with van der Waals surface area (Å²) in [4.78, 5) is 17.3. The molecule has 2 heterocycles. The van der Waals surface area contributed by atoms with E-state index in [1.807, 2.05) is 20.8 Å². The summed E-state index contributed by atoms with van der Waals surface area (Å²) in [5, 5.41) is 3.31. The molecule has 0 spiro atoms. The van der Waals surface area contributed by atoms with Crippen LogP contribution >= 0.6 is 0 Å². The molecule has 116 valence electrons. The molecule has 1 saturated heterocycles. The lowest BCUT2D eigenvalue weighted by Gasteiger charge is -2.34. The number of likely N-dealkylation sites (tertiary alicyclic amines) is 1. The van der Waals surface area contributed by atoms with Crippen LogP contribution in [0.1, 0.15) is 33.6 Å². The number of pyridine rings is 1. The fourth-order valence-electron chi connectivity index (χ4n) is 2.23. The minimum atomic E-state index is -0.486. The van der Waals surface area contributed by atoms with Gasteiger partial charge in [-0.25, -0.2) is 9.78 Å². The molecule has 0 bridgehead atoms. The zero-order valence-electron chi connectivity index (χ0n) is 12.7. The van der Waals surface area contributed by atoms with Gasteiger partial charge in [0.1, 0.15) is 5.60 Å². The highest BCUT2D eigenvalue weighted by molar-refractivity contribution is 5.68. The van der Waals surface area contributed by atoms with E-state index in [0.29, 0.717) is 13.1 Å². The van der Waals surface area contributed by atoms with E-state index in [0.717, 1.165) is 18.5 Å². The number of amides is 1. The first kappa shape index (κ1) is 15.5. The number of piperidine rings is 1. The highest BCUT2D eigenvalue weighted by Gasteiger charge is 2.26. The Hall–Kier alpha value is -1.85. The van der Waals surface area contributed by atoms with Crippen LogP contribution in [-0.2, 0) is 4.74 Å². The van der Waals surface area contributed by atoms with Crippen molar-refractivity contribution in [3.63, 3.8) is 0 Å². The average Bonchev–Trinajstić information content (AvgIpc) is 2.40. The Bertz CT molecular complexity index is 477. The minimum absolute atomic E-state index is 0.260. The zero-order chi connectivity index (χ0) is 15.5. The fraction of sp³-hybridized carbons (Fsp3) is 0.600. The second-order valence-corrected chi connectivity index (χ2v) is 6.26. The SMILES string of the molecule is CC(C)(C)OC(=O)N1CCC(Nc2ccc(F)nc2)CC1. The smallest absolute Gasteiger partial charge is 0.410 e. The van der Waals surface area contributed by atoms with E-state index in [-0.39, 0.29) is 12.1 Å². The zero-order valence-corrected chi connectivity index (χ0v) is 12.7. The number of ether oxygens (including phenoxy) is 1. The molecule has 2 rings (SSSR count). The van der Waals surface area contributed by atoms with E-state index >= 15 is 0 Å². The molecule has 0 unspecified atom stereocenters. The fourth-order valence-corrected chi connectivity index (χ4v) is 2.23. The van der Waals surface area contributed by atoms with Crippen molar-refractivity contribution in [3.05, 3.63) is 24.3 Å². The molecule has 0 aromatic carbocycles. The van der Waals surface area contributed by atoms with Gasteiger partial charge >= 0.3 is 6.09 Å². The minimum Gasteiger partial charge on any atom is -0.444 e. The lowest BCUT2D eigenvalue weighted by atomic mass is 10.1. The number of hydrogen-bond donors (Lipinski definition) is 1. The van der Waals surface area contributed by atoms with Gasteiger partial charge in [-0.2, -0.15) is 4.39 Å². The van der Waals surface area contributed by atoms with Crippen molar-refractivity contribution in [1.82, 2.24) is 9.88 Å². The summed E-state index contributed by atoms with van der Waals surface area (Å²) >= 11 is 0. The van der Waals surface area contributed by atoms with Crippen molar-refractivity contribution in [1.29, 1.82) is 0 Å². The van der Waals surface area contributed by atoms with Gasteiger partial charge in [0.05, 0.1) is 11.9 Å². The molecule has 1 aliphatic heterocycles. The molecule has 1 N–H and O–H groups in total. The number of anilines is 1. The second kappa shape index (κ2) is 6.28. The molecule has 1 fully saturated rings. The topological polar surface area (TPSA) is 54.5 Å². The van der Waals surface area contributed by atoms with Gasteiger partial charge in [0.15, 0.2) is 0 Å². The Labute approximate surface area is 124 Å². The van der Waals surface area contributed by atoms with E-state index in [2.05, 4.69) is 10.3 Å². The molecule has 0 radical (unpaired) electrons. The van der Waals surface area contributed by atoms with Gasteiger partial charge in [0, 0.05) is 19.1 Å². The summed E-state index contributed by atoms with van der Waals surface area (Å²) < 4.78 is 18.1. The predicted molar refractivity (Wildman–Crippen MR) is 78.6 cm³/mol. The molecular weight excluding hydrogens is 273 g/mol. The van der Waals surface area contributed by atoms with Gasteiger partial charge in [0.25, 0.3) is 0 Å². The van der Waals surface area contributed by atoms with E-state index in [4.69, 9.17) is 4.74 Å². The van der Waals surface area contributed by atoms with Crippen molar-refractivity contribution >= 4 is 11.8 Å². The molecule has 6 heteroatoms. The van der Waals surface area contributed by atoms with Gasteiger partial charge in [-0.1, -0.05) is 0 Å². The molecule has 5 nitrogen and oxygen atoms in total. The summed E-state index contributed by atoms with van der Waals surface area (Å²) in [6.07, 6.45) is 2.88. The first-order valence-corrected chi connectivity index (χ1v) is 7.19. The number of aromatic nitrogens is 1. The molecule has 0 atom stereocenters. The van der Waals surface area contributed by atoms with Crippen LogP contribution in [0.15, 0.2) is 18.3 Å². The van der Waals surface area contributed by atoms with Crippen LogP contribution in [0.5, 0.6) is 0 Å². The lowest BCUT2D eigenvalue weighted by molar-refractivity contribution is 0.0210. The maximum absolute atomic E-state index is 12.7. The molecule has 1 amide bonds. The van der Waals surface area contributed by atoms with Crippen molar-refractivity contribution in [2.45, 2.75) is 45.3 Å². The van der Waals surface area contributed by atoms with Gasteiger partial charge in [-0.05, 0) is 45.7 Å².